The predicted octanol–water partition coefficient (Wildman–Crippen LogP) is 2.18. The minimum atomic E-state index is -0.674. The van der Waals surface area contributed by atoms with Crippen LogP contribution < -0.4 is 10.6 Å². The monoisotopic (exact) mass is 393 g/mol. The number of rotatable bonds is 8. The standard InChI is InChI=1S/C20H28ClN3O3/c1-20(2,14-21)19(27)24-13-6-10-16(24)18(26)23-12-7-11-22-17(25)15-8-4-3-5-9-15/h3-5,8-9,16H,6-7,10-14H2,1-2H3,(H,22,25)(H,23,26)/t16-/m1/s1. The van der Waals surface area contributed by atoms with E-state index in [0.29, 0.717) is 38.0 Å². The average molecular weight is 394 g/mol. The van der Waals surface area contributed by atoms with Crippen molar-refractivity contribution < 1.29 is 14.4 Å². The third-order valence-electron chi connectivity index (χ3n) is 4.70. The number of nitrogens with one attached hydrogen (secondary N) is 2. The molecule has 1 aromatic carbocycles. The highest BCUT2D eigenvalue weighted by Crippen LogP contribution is 2.27. The van der Waals surface area contributed by atoms with E-state index in [2.05, 4.69) is 10.6 Å². The van der Waals surface area contributed by atoms with Crippen LogP contribution in [0.15, 0.2) is 30.3 Å². The Bertz CT molecular complexity index is 664. The SMILES string of the molecule is CC(C)(CCl)C(=O)N1CCC[C@@H]1C(=O)NCCCNC(=O)c1ccccc1. The molecular weight excluding hydrogens is 366 g/mol. The molecule has 0 aliphatic carbocycles. The normalized spacial score (nSPS) is 16.9. The van der Waals surface area contributed by atoms with Crippen LogP contribution in [0.2, 0.25) is 0 Å². The summed E-state index contributed by atoms with van der Waals surface area (Å²) in [7, 11) is 0. The number of hydrogen-bond acceptors (Lipinski definition) is 3. The molecule has 1 aliphatic rings. The second kappa shape index (κ2) is 9.74. The van der Waals surface area contributed by atoms with Crippen molar-refractivity contribution in [2.45, 2.75) is 39.2 Å². The highest BCUT2D eigenvalue weighted by Gasteiger charge is 2.40. The minimum Gasteiger partial charge on any atom is -0.354 e. The Hall–Kier alpha value is -2.08. The molecule has 0 saturated carbocycles. The first-order chi connectivity index (χ1) is 12.9. The fourth-order valence-electron chi connectivity index (χ4n) is 3.04. The van der Waals surface area contributed by atoms with Crippen LogP contribution in [0.25, 0.3) is 0 Å². The zero-order chi connectivity index (χ0) is 19.9. The average Bonchev–Trinajstić information content (AvgIpc) is 3.17. The third-order valence-corrected chi connectivity index (χ3v) is 5.37. The Balaban J connectivity index is 1.73. The topological polar surface area (TPSA) is 78.5 Å². The van der Waals surface area contributed by atoms with E-state index in [-0.39, 0.29) is 23.6 Å². The summed E-state index contributed by atoms with van der Waals surface area (Å²) in [6, 6.07) is 8.57. The molecule has 0 spiro atoms. The molecule has 2 rings (SSSR count). The molecule has 7 heteroatoms. The second-order valence-electron chi connectivity index (χ2n) is 7.44. The highest BCUT2D eigenvalue weighted by atomic mass is 35.5. The van der Waals surface area contributed by atoms with Crippen LogP contribution in [0.4, 0.5) is 0 Å². The lowest BCUT2D eigenvalue weighted by Crippen LogP contribution is -2.50. The number of nitrogens with zero attached hydrogens (tertiary/aromatic N) is 1. The first kappa shape index (κ1) is 21.2. The van der Waals surface area contributed by atoms with E-state index >= 15 is 0 Å². The maximum absolute atomic E-state index is 12.6. The number of hydrogen-bond donors (Lipinski definition) is 2. The van der Waals surface area contributed by atoms with Crippen LogP contribution >= 0.6 is 11.6 Å². The van der Waals surface area contributed by atoms with Gasteiger partial charge in [0, 0.05) is 31.1 Å². The molecule has 1 heterocycles. The van der Waals surface area contributed by atoms with E-state index in [0.717, 1.165) is 6.42 Å². The smallest absolute Gasteiger partial charge is 0.251 e. The van der Waals surface area contributed by atoms with Crippen molar-refractivity contribution >= 4 is 29.3 Å². The fourth-order valence-corrected chi connectivity index (χ4v) is 3.15. The number of halogens is 1. The molecule has 6 nitrogen and oxygen atoms in total. The van der Waals surface area contributed by atoms with Crippen molar-refractivity contribution in [3.8, 4) is 0 Å². The largest absolute Gasteiger partial charge is 0.354 e. The molecule has 27 heavy (non-hydrogen) atoms. The molecule has 1 atom stereocenters. The zero-order valence-electron chi connectivity index (χ0n) is 16.0. The van der Waals surface area contributed by atoms with Gasteiger partial charge in [0.2, 0.25) is 11.8 Å². The van der Waals surface area contributed by atoms with Gasteiger partial charge >= 0.3 is 0 Å². The summed E-state index contributed by atoms with van der Waals surface area (Å²) in [4.78, 5) is 38.7. The number of benzene rings is 1. The Morgan fingerprint density at radius 2 is 1.81 bits per heavy atom. The first-order valence-corrected chi connectivity index (χ1v) is 9.88. The second-order valence-corrected chi connectivity index (χ2v) is 7.71. The zero-order valence-corrected chi connectivity index (χ0v) is 16.7. The number of carbonyl (C=O) groups is 3. The molecule has 0 radical (unpaired) electrons. The number of alkyl halides is 1. The van der Waals surface area contributed by atoms with Crippen molar-refractivity contribution in [3.05, 3.63) is 35.9 Å². The number of amides is 3. The van der Waals surface area contributed by atoms with Gasteiger partial charge in [-0.2, -0.15) is 0 Å². The predicted molar refractivity (Wildman–Crippen MR) is 106 cm³/mol. The van der Waals surface area contributed by atoms with Gasteiger partial charge in [-0.25, -0.2) is 0 Å². The molecule has 0 unspecified atom stereocenters. The van der Waals surface area contributed by atoms with Crippen LogP contribution in [-0.4, -0.2) is 54.2 Å². The summed E-state index contributed by atoms with van der Waals surface area (Å²) in [5.41, 5.74) is -0.0601. The summed E-state index contributed by atoms with van der Waals surface area (Å²) < 4.78 is 0. The van der Waals surface area contributed by atoms with Crippen molar-refractivity contribution in [1.29, 1.82) is 0 Å². The van der Waals surface area contributed by atoms with Crippen LogP contribution in [-0.2, 0) is 9.59 Å². The van der Waals surface area contributed by atoms with Crippen molar-refractivity contribution in [2.24, 2.45) is 5.41 Å². The van der Waals surface area contributed by atoms with Crippen molar-refractivity contribution in [1.82, 2.24) is 15.5 Å². The minimum absolute atomic E-state index is 0.0784. The summed E-state index contributed by atoms with van der Waals surface area (Å²) in [5, 5.41) is 5.70. The lowest BCUT2D eigenvalue weighted by atomic mass is 9.94. The van der Waals surface area contributed by atoms with E-state index in [1.807, 2.05) is 18.2 Å². The summed E-state index contributed by atoms with van der Waals surface area (Å²) in [6.45, 7) is 5.10. The van der Waals surface area contributed by atoms with Gasteiger partial charge in [0.15, 0.2) is 0 Å². The van der Waals surface area contributed by atoms with Gasteiger partial charge in [0.1, 0.15) is 6.04 Å². The molecule has 1 fully saturated rings. The Labute approximate surface area is 165 Å². The van der Waals surface area contributed by atoms with Gasteiger partial charge in [0.25, 0.3) is 5.91 Å². The van der Waals surface area contributed by atoms with E-state index in [1.165, 1.54) is 0 Å². The Morgan fingerprint density at radius 1 is 1.15 bits per heavy atom. The third kappa shape index (κ3) is 5.70. The van der Waals surface area contributed by atoms with Gasteiger partial charge in [-0.15, -0.1) is 11.6 Å². The summed E-state index contributed by atoms with van der Waals surface area (Å²) in [5.74, 6) is -0.124. The highest BCUT2D eigenvalue weighted by molar-refractivity contribution is 6.19. The van der Waals surface area contributed by atoms with Crippen molar-refractivity contribution in [3.63, 3.8) is 0 Å². The van der Waals surface area contributed by atoms with E-state index in [4.69, 9.17) is 11.6 Å². The van der Waals surface area contributed by atoms with Gasteiger partial charge in [0.05, 0.1) is 5.41 Å². The molecule has 1 saturated heterocycles. The van der Waals surface area contributed by atoms with E-state index in [1.54, 1.807) is 30.9 Å². The Morgan fingerprint density at radius 3 is 2.48 bits per heavy atom. The van der Waals surface area contributed by atoms with Crippen LogP contribution in [0.3, 0.4) is 0 Å². The van der Waals surface area contributed by atoms with Crippen LogP contribution in [0.1, 0.15) is 43.5 Å². The molecule has 1 aromatic rings. The maximum atomic E-state index is 12.6. The van der Waals surface area contributed by atoms with Gasteiger partial charge in [-0.05, 0) is 45.2 Å². The maximum Gasteiger partial charge on any atom is 0.251 e. The first-order valence-electron chi connectivity index (χ1n) is 9.35. The molecular formula is C20H28ClN3O3. The molecule has 1 aliphatic heterocycles. The van der Waals surface area contributed by atoms with Gasteiger partial charge in [-0.3, -0.25) is 14.4 Å². The molecule has 0 aromatic heterocycles. The van der Waals surface area contributed by atoms with Crippen molar-refractivity contribution in [2.75, 3.05) is 25.5 Å². The van der Waals surface area contributed by atoms with Gasteiger partial charge < -0.3 is 15.5 Å². The quantitative estimate of drug-likeness (QED) is 0.525. The lowest BCUT2D eigenvalue weighted by Gasteiger charge is -2.31. The molecule has 148 valence electrons. The van der Waals surface area contributed by atoms with E-state index < -0.39 is 11.5 Å². The number of likely N-dealkylation sites (tertiary alicyclic amines) is 1. The molecule has 0 bridgehead atoms. The van der Waals surface area contributed by atoms with Crippen LogP contribution in [0, 0.1) is 5.41 Å². The number of carbonyl (C=O) groups excluding carboxylic acids is 3. The fraction of sp³-hybridized carbons (Fsp3) is 0.550. The molecule has 3 amide bonds. The molecule has 2 N–H and O–H groups in total. The van der Waals surface area contributed by atoms with Gasteiger partial charge in [-0.1, -0.05) is 18.2 Å². The van der Waals surface area contributed by atoms with Crippen LogP contribution in [0.5, 0.6) is 0 Å². The summed E-state index contributed by atoms with van der Waals surface area (Å²) in [6.07, 6.45) is 2.11. The Kier molecular flexibility index (Phi) is 7.66. The summed E-state index contributed by atoms with van der Waals surface area (Å²) >= 11 is 5.90. The van der Waals surface area contributed by atoms with E-state index in [9.17, 15) is 14.4 Å². The lowest BCUT2D eigenvalue weighted by molar-refractivity contribution is -0.144.